The highest BCUT2D eigenvalue weighted by Gasteiger charge is 2.08. The maximum atomic E-state index is 13.2. The highest BCUT2D eigenvalue weighted by atomic mass is 19.1. The summed E-state index contributed by atoms with van der Waals surface area (Å²) in [7, 11) is 0. The van der Waals surface area contributed by atoms with Crippen LogP contribution in [0.15, 0.2) is 54.9 Å². The molecule has 2 aromatic carbocycles. The number of anilines is 1. The molecule has 0 radical (unpaired) electrons. The maximum absolute atomic E-state index is 13.2. The smallest absolute Gasteiger partial charge is 0.124 e. The van der Waals surface area contributed by atoms with Crippen LogP contribution in [0.4, 0.5) is 10.1 Å². The molecule has 0 saturated heterocycles. The van der Waals surface area contributed by atoms with Crippen LogP contribution >= 0.6 is 0 Å². The van der Waals surface area contributed by atoms with E-state index in [-0.39, 0.29) is 5.56 Å². The van der Waals surface area contributed by atoms with Gasteiger partial charge in [-0.05, 0) is 35.9 Å². The Kier molecular flexibility index (Phi) is 3.13. The van der Waals surface area contributed by atoms with Crippen molar-refractivity contribution in [3.05, 3.63) is 66.2 Å². The fourth-order valence-corrected chi connectivity index (χ4v) is 2.08. The van der Waals surface area contributed by atoms with Gasteiger partial charge >= 0.3 is 0 Å². The number of nitriles is 1. The zero-order chi connectivity index (χ0) is 14.8. The number of benzene rings is 2. The summed E-state index contributed by atoms with van der Waals surface area (Å²) in [6.07, 6.45) is 3.48. The second-order valence-electron chi connectivity index (χ2n) is 4.57. The molecule has 0 saturated carbocycles. The van der Waals surface area contributed by atoms with Gasteiger partial charge < -0.3 is 5.73 Å². The molecule has 1 heterocycles. The van der Waals surface area contributed by atoms with E-state index in [0.29, 0.717) is 11.4 Å². The molecule has 3 rings (SSSR count). The molecule has 0 unspecified atom stereocenters. The number of nitrogen functional groups attached to an aromatic ring is 1. The first-order chi connectivity index (χ1) is 10.2. The van der Waals surface area contributed by atoms with Gasteiger partial charge in [-0.2, -0.15) is 10.4 Å². The third kappa shape index (κ3) is 2.47. The summed E-state index contributed by atoms with van der Waals surface area (Å²) >= 11 is 0. The van der Waals surface area contributed by atoms with Gasteiger partial charge in [-0.3, -0.25) is 0 Å². The molecule has 0 atom stereocenters. The van der Waals surface area contributed by atoms with E-state index in [1.54, 1.807) is 17.1 Å². The van der Waals surface area contributed by atoms with E-state index in [1.807, 2.05) is 30.3 Å². The predicted octanol–water partition coefficient (Wildman–Crippen LogP) is 3.13. The molecular weight excluding hydrogens is 267 g/mol. The second kappa shape index (κ2) is 5.10. The standard InChI is InChI=1S/C16H11FN4/c17-14-3-6-16(12(7-14)8-18)21-10-13(9-20-21)11-1-4-15(19)5-2-11/h1-7,9-10H,19H2. The van der Waals surface area contributed by atoms with E-state index in [0.717, 1.165) is 11.1 Å². The van der Waals surface area contributed by atoms with E-state index in [1.165, 1.54) is 18.2 Å². The summed E-state index contributed by atoms with van der Waals surface area (Å²) in [5, 5.41) is 13.3. The monoisotopic (exact) mass is 278 g/mol. The number of hydrogen-bond donors (Lipinski definition) is 1. The second-order valence-corrected chi connectivity index (χ2v) is 4.57. The van der Waals surface area contributed by atoms with Crippen LogP contribution in [0.25, 0.3) is 16.8 Å². The zero-order valence-corrected chi connectivity index (χ0v) is 11.0. The lowest BCUT2D eigenvalue weighted by molar-refractivity contribution is 0.626. The lowest BCUT2D eigenvalue weighted by atomic mass is 10.1. The Balaban J connectivity index is 2.03. The van der Waals surface area contributed by atoms with Crippen LogP contribution in [-0.2, 0) is 0 Å². The van der Waals surface area contributed by atoms with E-state index < -0.39 is 5.82 Å². The molecule has 0 spiro atoms. The zero-order valence-electron chi connectivity index (χ0n) is 11.0. The molecule has 3 aromatic rings. The van der Waals surface area contributed by atoms with Crippen molar-refractivity contribution in [1.82, 2.24) is 9.78 Å². The van der Waals surface area contributed by atoms with Gasteiger partial charge in [0.1, 0.15) is 11.9 Å². The Morgan fingerprint density at radius 3 is 2.57 bits per heavy atom. The Morgan fingerprint density at radius 1 is 1.10 bits per heavy atom. The van der Waals surface area contributed by atoms with Crippen molar-refractivity contribution < 1.29 is 4.39 Å². The van der Waals surface area contributed by atoms with Crippen molar-refractivity contribution in [2.75, 3.05) is 5.73 Å². The first kappa shape index (κ1) is 12.9. The quantitative estimate of drug-likeness (QED) is 0.732. The molecule has 2 N–H and O–H groups in total. The van der Waals surface area contributed by atoms with Gasteiger partial charge in [-0.15, -0.1) is 0 Å². The number of nitrogens with zero attached hydrogens (tertiary/aromatic N) is 3. The third-order valence-corrected chi connectivity index (χ3v) is 3.15. The number of rotatable bonds is 2. The van der Waals surface area contributed by atoms with Crippen molar-refractivity contribution in [2.24, 2.45) is 0 Å². The molecule has 21 heavy (non-hydrogen) atoms. The maximum Gasteiger partial charge on any atom is 0.124 e. The molecule has 4 nitrogen and oxygen atoms in total. The lowest BCUT2D eigenvalue weighted by Crippen LogP contribution is -1.98. The SMILES string of the molecule is N#Cc1cc(F)ccc1-n1cc(-c2ccc(N)cc2)cn1. The average molecular weight is 278 g/mol. The summed E-state index contributed by atoms with van der Waals surface area (Å²) < 4.78 is 14.7. The van der Waals surface area contributed by atoms with Crippen LogP contribution in [0, 0.1) is 17.1 Å². The minimum absolute atomic E-state index is 0.238. The largest absolute Gasteiger partial charge is 0.399 e. The molecule has 1 aromatic heterocycles. The molecule has 0 aliphatic rings. The molecule has 0 bridgehead atoms. The van der Waals surface area contributed by atoms with Crippen LogP contribution < -0.4 is 5.73 Å². The Morgan fingerprint density at radius 2 is 1.86 bits per heavy atom. The molecule has 5 heteroatoms. The number of halogens is 1. The van der Waals surface area contributed by atoms with Crippen LogP contribution in [0.5, 0.6) is 0 Å². The third-order valence-electron chi connectivity index (χ3n) is 3.15. The lowest BCUT2D eigenvalue weighted by Gasteiger charge is -2.03. The first-order valence-electron chi connectivity index (χ1n) is 6.28. The van der Waals surface area contributed by atoms with Gasteiger partial charge in [0.05, 0.1) is 17.4 Å². The first-order valence-corrected chi connectivity index (χ1v) is 6.28. The molecule has 0 amide bonds. The van der Waals surface area contributed by atoms with Crippen molar-refractivity contribution in [1.29, 1.82) is 5.26 Å². The average Bonchev–Trinajstić information content (AvgIpc) is 2.97. The number of nitrogens with two attached hydrogens (primary N) is 1. The fraction of sp³-hybridized carbons (Fsp3) is 0. The fourth-order valence-electron chi connectivity index (χ4n) is 2.08. The Labute approximate surface area is 120 Å². The van der Waals surface area contributed by atoms with Gasteiger partial charge in [-0.1, -0.05) is 12.1 Å². The van der Waals surface area contributed by atoms with Crippen molar-refractivity contribution in [3.8, 4) is 22.9 Å². The van der Waals surface area contributed by atoms with Crippen LogP contribution in [0.3, 0.4) is 0 Å². The van der Waals surface area contributed by atoms with E-state index in [4.69, 9.17) is 11.0 Å². The van der Waals surface area contributed by atoms with E-state index >= 15 is 0 Å². The van der Waals surface area contributed by atoms with Gasteiger partial charge in [-0.25, -0.2) is 9.07 Å². The molecule has 0 fully saturated rings. The summed E-state index contributed by atoms with van der Waals surface area (Å²) in [6, 6.07) is 13.4. The van der Waals surface area contributed by atoms with Crippen molar-refractivity contribution in [2.45, 2.75) is 0 Å². The van der Waals surface area contributed by atoms with Gasteiger partial charge in [0, 0.05) is 17.4 Å². The predicted molar refractivity (Wildman–Crippen MR) is 78.1 cm³/mol. The van der Waals surface area contributed by atoms with Crippen molar-refractivity contribution >= 4 is 5.69 Å². The summed E-state index contributed by atoms with van der Waals surface area (Å²) in [4.78, 5) is 0. The van der Waals surface area contributed by atoms with Crippen LogP contribution in [0.2, 0.25) is 0 Å². The Hall–Kier alpha value is -3.13. The summed E-state index contributed by atoms with van der Waals surface area (Å²) in [5.74, 6) is -0.443. The summed E-state index contributed by atoms with van der Waals surface area (Å²) in [6.45, 7) is 0. The van der Waals surface area contributed by atoms with Crippen LogP contribution in [-0.4, -0.2) is 9.78 Å². The molecule has 0 aliphatic heterocycles. The molecule has 0 aliphatic carbocycles. The highest BCUT2D eigenvalue weighted by molar-refractivity contribution is 5.65. The highest BCUT2D eigenvalue weighted by Crippen LogP contribution is 2.22. The molecular formula is C16H11FN4. The minimum atomic E-state index is -0.443. The topological polar surface area (TPSA) is 67.6 Å². The summed E-state index contributed by atoms with van der Waals surface area (Å²) in [5.41, 5.74) is 8.99. The normalized spacial score (nSPS) is 10.3. The minimum Gasteiger partial charge on any atom is -0.399 e. The van der Waals surface area contributed by atoms with Gasteiger partial charge in [0.15, 0.2) is 0 Å². The number of aromatic nitrogens is 2. The van der Waals surface area contributed by atoms with Gasteiger partial charge in [0.25, 0.3) is 0 Å². The van der Waals surface area contributed by atoms with Crippen LogP contribution in [0.1, 0.15) is 5.56 Å². The van der Waals surface area contributed by atoms with Gasteiger partial charge in [0.2, 0.25) is 0 Å². The molecule has 102 valence electrons. The number of hydrogen-bond acceptors (Lipinski definition) is 3. The van der Waals surface area contributed by atoms with E-state index in [2.05, 4.69) is 5.10 Å². The van der Waals surface area contributed by atoms with Crippen molar-refractivity contribution in [3.63, 3.8) is 0 Å². The Bertz CT molecular complexity index is 828. The van der Waals surface area contributed by atoms with E-state index in [9.17, 15) is 4.39 Å².